The second kappa shape index (κ2) is 87.9. The summed E-state index contributed by atoms with van der Waals surface area (Å²) in [5.74, 6) is -2.09. The zero-order chi connectivity index (χ0) is 82.4. The van der Waals surface area contributed by atoms with Gasteiger partial charge < -0.3 is 33.8 Å². The predicted octanol–water partition coefficient (Wildman–Crippen LogP) is 29.6. The fraction of sp³-hybridized carbons (Fsp3) is 0.957. The zero-order valence-electron chi connectivity index (χ0n) is 74.4. The van der Waals surface area contributed by atoms with Crippen LogP contribution in [-0.4, -0.2) is 96.7 Å². The summed E-state index contributed by atoms with van der Waals surface area (Å²) >= 11 is 0. The fourth-order valence-electron chi connectivity index (χ4n) is 14.9. The lowest BCUT2D eigenvalue weighted by Gasteiger charge is -2.21. The molecule has 672 valence electrons. The van der Waals surface area contributed by atoms with Crippen LogP contribution < -0.4 is 0 Å². The molecule has 0 aliphatic heterocycles. The van der Waals surface area contributed by atoms with E-state index in [1.54, 1.807) is 0 Å². The molecular weight excluding hydrogens is 1460 g/mol. The van der Waals surface area contributed by atoms with Gasteiger partial charge in [0.15, 0.2) is 12.2 Å². The van der Waals surface area contributed by atoms with Gasteiger partial charge in [-0.1, -0.05) is 471 Å². The van der Waals surface area contributed by atoms with Gasteiger partial charge in [0.1, 0.15) is 19.3 Å². The first kappa shape index (κ1) is 111. The molecule has 0 rings (SSSR count). The Bertz CT molecular complexity index is 2120. The van der Waals surface area contributed by atoms with Gasteiger partial charge >= 0.3 is 39.5 Å². The number of rotatable bonds is 95. The number of phosphoric ester groups is 2. The maximum atomic E-state index is 13.2. The lowest BCUT2D eigenvalue weighted by atomic mass is 10.0. The van der Waals surface area contributed by atoms with Crippen molar-refractivity contribution in [1.29, 1.82) is 0 Å². The van der Waals surface area contributed by atoms with Crippen LogP contribution in [0.2, 0.25) is 0 Å². The molecule has 0 heterocycles. The van der Waals surface area contributed by atoms with Crippen LogP contribution in [0.5, 0.6) is 0 Å². The molecule has 0 radical (unpaired) electrons. The van der Waals surface area contributed by atoms with Crippen LogP contribution in [0.3, 0.4) is 0 Å². The highest BCUT2D eigenvalue weighted by molar-refractivity contribution is 7.47. The quantitative estimate of drug-likeness (QED) is 0.0222. The summed E-state index contributed by atoms with van der Waals surface area (Å²) in [5.41, 5.74) is 0. The molecule has 0 saturated heterocycles. The van der Waals surface area contributed by atoms with E-state index in [1.165, 1.54) is 353 Å². The molecule has 0 spiro atoms. The van der Waals surface area contributed by atoms with Crippen molar-refractivity contribution >= 4 is 39.5 Å². The van der Waals surface area contributed by atoms with Gasteiger partial charge in [-0.15, -0.1) is 0 Å². The standard InChI is InChI=1S/C94H184O17P2/c1-5-9-13-17-21-25-29-33-36-39-42-44-47-50-53-57-61-65-69-73-77-81-94(99)111-90(85-105-92(97)79-75-71-67-63-59-55-51-48-46-43-40-37-34-30-26-22-18-14-10-6-2)87-109-113(102,103)107-83-88(95)82-106-112(100,101)108-86-89(84-104-91(96)78-74-70-66-62-58-54-32-28-24-20-16-12-8-4)110-93(98)80-76-72-68-64-60-56-52-49-45-41-38-35-31-27-23-19-15-11-7-3/h88-90,95H,5-87H2,1-4H3,(H,100,101)(H,102,103)/t88-,89+,90+/m0/s1. The number of aliphatic hydroxyl groups excluding tert-OH is 1. The lowest BCUT2D eigenvalue weighted by Crippen LogP contribution is -2.30. The van der Waals surface area contributed by atoms with Crippen LogP contribution >= 0.6 is 15.6 Å². The smallest absolute Gasteiger partial charge is 0.462 e. The summed E-state index contributed by atoms with van der Waals surface area (Å²) in [6.07, 6.45) is 86.2. The number of aliphatic hydroxyl groups is 1. The Kier molecular flexibility index (Phi) is 86.4. The van der Waals surface area contributed by atoms with E-state index in [0.29, 0.717) is 25.7 Å². The lowest BCUT2D eigenvalue weighted by molar-refractivity contribution is -0.161. The molecule has 0 fully saturated rings. The van der Waals surface area contributed by atoms with Gasteiger partial charge in [-0.2, -0.15) is 0 Å². The van der Waals surface area contributed by atoms with Gasteiger partial charge in [-0.25, -0.2) is 9.13 Å². The number of carbonyl (C=O) groups excluding carboxylic acids is 4. The van der Waals surface area contributed by atoms with Crippen LogP contribution in [0.25, 0.3) is 0 Å². The number of unbranched alkanes of at least 4 members (excludes halogenated alkanes) is 69. The fourth-order valence-corrected chi connectivity index (χ4v) is 16.5. The molecule has 0 saturated carbocycles. The number of phosphoric acid groups is 2. The van der Waals surface area contributed by atoms with Crippen molar-refractivity contribution in [3.8, 4) is 0 Å². The Labute approximate surface area is 696 Å². The minimum atomic E-state index is -4.97. The maximum absolute atomic E-state index is 13.2. The van der Waals surface area contributed by atoms with Gasteiger partial charge in [0, 0.05) is 25.7 Å². The topological polar surface area (TPSA) is 237 Å². The van der Waals surface area contributed by atoms with Crippen LogP contribution in [-0.2, 0) is 65.4 Å². The number of ether oxygens (including phenoxy) is 4. The molecule has 19 heteroatoms. The van der Waals surface area contributed by atoms with Gasteiger partial charge in [0.05, 0.1) is 26.4 Å². The van der Waals surface area contributed by atoms with E-state index in [9.17, 15) is 43.2 Å². The second-order valence-corrected chi connectivity index (χ2v) is 36.7. The average molecular weight is 1650 g/mol. The minimum Gasteiger partial charge on any atom is -0.462 e. The van der Waals surface area contributed by atoms with E-state index in [4.69, 9.17) is 37.0 Å². The van der Waals surface area contributed by atoms with Crippen molar-refractivity contribution in [3.63, 3.8) is 0 Å². The largest absolute Gasteiger partial charge is 0.472 e. The third-order valence-electron chi connectivity index (χ3n) is 22.4. The van der Waals surface area contributed by atoms with Crippen LogP contribution in [0.4, 0.5) is 0 Å². The number of hydrogen-bond donors (Lipinski definition) is 3. The summed E-state index contributed by atoms with van der Waals surface area (Å²) in [4.78, 5) is 73.6. The van der Waals surface area contributed by atoms with E-state index >= 15 is 0 Å². The zero-order valence-corrected chi connectivity index (χ0v) is 76.2. The molecule has 2 unspecified atom stereocenters. The highest BCUT2D eigenvalue weighted by Crippen LogP contribution is 2.45. The van der Waals surface area contributed by atoms with Gasteiger partial charge in [-0.05, 0) is 25.7 Å². The van der Waals surface area contributed by atoms with Gasteiger partial charge in [0.25, 0.3) is 0 Å². The molecule has 0 amide bonds. The molecule has 5 atom stereocenters. The number of esters is 4. The van der Waals surface area contributed by atoms with Crippen LogP contribution in [0.15, 0.2) is 0 Å². The molecule has 0 aliphatic carbocycles. The van der Waals surface area contributed by atoms with Crippen molar-refractivity contribution in [3.05, 3.63) is 0 Å². The normalized spacial score (nSPS) is 13.6. The monoisotopic (exact) mass is 1650 g/mol. The van der Waals surface area contributed by atoms with Crippen molar-refractivity contribution in [2.24, 2.45) is 0 Å². The Balaban J connectivity index is 5.25. The van der Waals surface area contributed by atoms with Crippen LogP contribution in [0.1, 0.15) is 522 Å². The summed E-state index contributed by atoms with van der Waals surface area (Å²) in [6.45, 7) is 5.11. The molecule has 113 heavy (non-hydrogen) atoms. The molecule has 0 bridgehead atoms. The molecule has 17 nitrogen and oxygen atoms in total. The highest BCUT2D eigenvalue weighted by atomic mass is 31.2. The second-order valence-electron chi connectivity index (χ2n) is 33.8. The molecular formula is C94H184O17P2. The van der Waals surface area contributed by atoms with Crippen molar-refractivity contribution < 1.29 is 80.2 Å². The minimum absolute atomic E-state index is 0.110. The van der Waals surface area contributed by atoms with Crippen molar-refractivity contribution in [2.45, 2.75) is 540 Å². The summed E-state index contributed by atoms with van der Waals surface area (Å²) in [6, 6.07) is 0. The SMILES string of the molecule is CCCCCCCCCCCCCCCCCCCCCCCC(=O)O[C@H](COC(=O)CCCCCCCCCCCCCCCCCCCCCC)COP(=O)(O)OC[C@@H](O)COP(=O)(O)OC[C@@H](COC(=O)CCCCCCCCCCCCCCC)OC(=O)CCCCCCCCCCCCCCCCCCCCC. The third-order valence-corrected chi connectivity index (χ3v) is 24.3. The molecule has 0 aromatic heterocycles. The van der Waals surface area contributed by atoms with Gasteiger partial charge in [0.2, 0.25) is 0 Å². The summed E-state index contributed by atoms with van der Waals surface area (Å²) in [7, 11) is -9.94. The Hall–Kier alpha value is -1.94. The number of hydrogen-bond acceptors (Lipinski definition) is 15. The first-order valence-corrected chi connectivity index (χ1v) is 51.8. The Morgan fingerprint density at radius 1 is 0.212 bits per heavy atom. The van der Waals surface area contributed by atoms with E-state index in [0.717, 1.165) is 89.9 Å². The van der Waals surface area contributed by atoms with E-state index < -0.39 is 97.5 Å². The van der Waals surface area contributed by atoms with E-state index in [-0.39, 0.29) is 25.7 Å². The van der Waals surface area contributed by atoms with Crippen LogP contribution in [0, 0.1) is 0 Å². The maximum Gasteiger partial charge on any atom is 0.472 e. The Morgan fingerprint density at radius 2 is 0.354 bits per heavy atom. The molecule has 0 aromatic carbocycles. The third kappa shape index (κ3) is 87.7. The summed E-state index contributed by atoms with van der Waals surface area (Å²) < 4.78 is 69.2. The highest BCUT2D eigenvalue weighted by Gasteiger charge is 2.31. The molecule has 0 aromatic rings. The van der Waals surface area contributed by atoms with E-state index in [1.807, 2.05) is 0 Å². The first-order valence-electron chi connectivity index (χ1n) is 48.8. The average Bonchev–Trinajstić information content (AvgIpc) is 0.898. The molecule has 3 N–H and O–H groups in total. The van der Waals surface area contributed by atoms with Crippen molar-refractivity contribution in [1.82, 2.24) is 0 Å². The van der Waals surface area contributed by atoms with Crippen molar-refractivity contribution in [2.75, 3.05) is 39.6 Å². The first-order chi connectivity index (χ1) is 55.2. The van der Waals surface area contributed by atoms with E-state index in [2.05, 4.69) is 27.7 Å². The van der Waals surface area contributed by atoms with Gasteiger partial charge in [-0.3, -0.25) is 37.3 Å². The summed E-state index contributed by atoms with van der Waals surface area (Å²) in [5, 5.41) is 10.7. The molecule has 0 aliphatic rings. The predicted molar refractivity (Wildman–Crippen MR) is 469 cm³/mol. The number of carbonyl (C=O) groups is 4. The Morgan fingerprint density at radius 3 is 0.522 bits per heavy atom.